The van der Waals surface area contributed by atoms with E-state index in [0.29, 0.717) is 11.8 Å². The normalized spacial score (nSPS) is 9.64. The Morgan fingerprint density at radius 3 is 2.64 bits per heavy atom. The zero-order chi connectivity index (χ0) is 8.43. The lowest BCUT2D eigenvalue weighted by Gasteiger charge is -2.03. The lowest BCUT2D eigenvalue weighted by atomic mass is 10.5. The van der Waals surface area contributed by atoms with E-state index in [4.69, 9.17) is 15.6 Å². The van der Waals surface area contributed by atoms with Crippen molar-refractivity contribution in [3.63, 3.8) is 0 Å². The number of anilines is 1. The molecule has 5 heteroatoms. The molecule has 60 valence electrons. The highest BCUT2D eigenvalue weighted by Crippen LogP contribution is 2.09. The number of nitrogen functional groups attached to an aromatic ring is 1. The van der Waals surface area contributed by atoms with Crippen molar-refractivity contribution in [3.8, 4) is 0 Å². The second-order valence-corrected chi connectivity index (χ2v) is 2.32. The molecule has 0 aromatic carbocycles. The molecule has 0 fully saturated rings. The molecule has 0 bridgehead atoms. The molecule has 0 saturated heterocycles. The first-order chi connectivity index (χ1) is 5.11. The van der Waals surface area contributed by atoms with Gasteiger partial charge in [0, 0.05) is 14.1 Å². The molecule has 0 spiro atoms. The molecule has 0 aliphatic carbocycles. The predicted octanol–water partition coefficient (Wildman–Crippen LogP) is 0.0247. The van der Waals surface area contributed by atoms with Crippen LogP contribution in [0, 0.1) is 5.41 Å². The van der Waals surface area contributed by atoms with Gasteiger partial charge in [-0.25, -0.2) is 4.98 Å². The van der Waals surface area contributed by atoms with E-state index in [1.165, 1.54) is 6.20 Å². The fourth-order valence-electron chi connectivity index (χ4n) is 0.596. The third-order valence-electron chi connectivity index (χ3n) is 1.14. The Bertz CT molecular complexity index is 265. The molecule has 1 rings (SSSR count). The van der Waals surface area contributed by atoms with Gasteiger partial charge in [0.1, 0.15) is 0 Å². The summed E-state index contributed by atoms with van der Waals surface area (Å²) in [4.78, 5) is 5.58. The number of oxazole rings is 1. The summed E-state index contributed by atoms with van der Waals surface area (Å²) in [7, 11) is 3.60. The van der Waals surface area contributed by atoms with Gasteiger partial charge in [0.25, 0.3) is 6.01 Å². The van der Waals surface area contributed by atoms with Crippen LogP contribution in [0.3, 0.4) is 0 Å². The van der Waals surface area contributed by atoms with Gasteiger partial charge >= 0.3 is 0 Å². The molecule has 1 aromatic heterocycles. The quantitative estimate of drug-likeness (QED) is 0.465. The Balaban J connectivity index is 2.90. The number of amidine groups is 1. The van der Waals surface area contributed by atoms with Gasteiger partial charge in [-0.2, -0.15) is 0 Å². The Kier molecular flexibility index (Phi) is 1.80. The van der Waals surface area contributed by atoms with Crippen molar-refractivity contribution < 1.29 is 4.42 Å². The summed E-state index contributed by atoms with van der Waals surface area (Å²) >= 11 is 0. The Morgan fingerprint density at radius 2 is 2.36 bits per heavy atom. The maximum atomic E-state index is 7.02. The molecule has 0 radical (unpaired) electrons. The van der Waals surface area contributed by atoms with Gasteiger partial charge in [0.05, 0.1) is 6.20 Å². The molecule has 0 unspecified atom stereocenters. The fourth-order valence-corrected chi connectivity index (χ4v) is 0.596. The Labute approximate surface area is 64.3 Å². The van der Waals surface area contributed by atoms with Crippen LogP contribution < -0.4 is 10.6 Å². The number of nitrogens with one attached hydrogen (secondary N) is 1. The molecule has 0 aliphatic heterocycles. The van der Waals surface area contributed by atoms with Crippen molar-refractivity contribution >= 4 is 11.9 Å². The average molecular weight is 154 g/mol. The third-order valence-corrected chi connectivity index (χ3v) is 1.14. The number of nitrogens with zero attached hydrogens (tertiary/aromatic N) is 2. The largest absolute Gasteiger partial charge is 0.420 e. The third kappa shape index (κ3) is 1.49. The second-order valence-electron chi connectivity index (χ2n) is 2.32. The number of nitrogens with two attached hydrogens (primary N) is 1. The van der Waals surface area contributed by atoms with Crippen molar-refractivity contribution in [3.05, 3.63) is 12.0 Å². The minimum absolute atomic E-state index is 0.106. The molecule has 3 N–H and O–H groups in total. The van der Waals surface area contributed by atoms with Crippen molar-refractivity contribution in [1.82, 2.24) is 4.98 Å². The summed E-state index contributed by atoms with van der Waals surface area (Å²) < 4.78 is 5.07. The van der Waals surface area contributed by atoms with E-state index in [0.717, 1.165) is 0 Å². The minimum atomic E-state index is -0.106. The van der Waals surface area contributed by atoms with Crippen LogP contribution in [-0.2, 0) is 0 Å². The maximum absolute atomic E-state index is 7.02. The van der Waals surface area contributed by atoms with Crippen LogP contribution in [-0.4, -0.2) is 24.9 Å². The maximum Gasteiger partial charge on any atom is 0.297 e. The summed E-state index contributed by atoms with van der Waals surface area (Å²) in [6.45, 7) is 0. The highest BCUT2D eigenvalue weighted by atomic mass is 16.4. The standard InChI is InChI=1S/C6H10N4O/c1-10(2)6-9-3-4(11-6)5(7)8/h3H,1-2H3,(H3,7,8). The van der Waals surface area contributed by atoms with Crippen LogP contribution in [0.1, 0.15) is 5.76 Å². The Hall–Kier alpha value is -1.52. The van der Waals surface area contributed by atoms with Crippen molar-refractivity contribution in [2.24, 2.45) is 5.73 Å². The zero-order valence-electron chi connectivity index (χ0n) is 6.46. The van der Waals surface area contributed by atoms with Gasteiger partial charge in [-0.15, -0.1) is 0 Å². The molecule has 1 heterocycles. The molecular weight excluding hydrogens is 144 g/mol. The first kappa shape index (κ1) is 7.59. The van der Waals surface area contributed by atoms with E-state index in [2.05, 4.69) is 4.98 Å². The highest BCUT2D eigenvalue weighted by Gasteiger charge is 2.06. The van der Waals surface area contributed by atoms with Crippen molar-refractivity contribution in [1.29, 1.82) is 5.41 Å². The van der Waals surface area contributed by atoms with E-state index < -0.39 is 0 Å². The first-order valence-electron chi connectivity index (χ1n) is 3.09. The van der Waals surface area contributed by atoms with Crippen LogP contribution in [0.25, 0.3) is 0 Å². The lowest BCUT2D eigenvalue weighted by molar-refractivity contribution is 0.546. The molecule has 0 saturated carbocycles. The molecule has 0 amide bonds. The molecule has 0 aliphatic rings. The summed E-state index contributed by atoms with van der Waals surface area (Å²) in [5.74, 6) is 0.194. The number of rotatable bonds is 2. The number of hydrogen-bond donors (Lipinski definition) is 2. The van der Waals surface area contributed by atoms with Crippen LogP contribution in [0.15, 0.2) is 10.6 Å². The van der Waals surface area contributed by atoms with Crippen molar-refractivity contribution in [2.75, 3.05) is 19.0 Å². The Morgan fingerprint density at radius 1 is 1.73 bits per heavy atom. The SMILES string of the molecule is CN(C)c1ncc(C(=N)N)o1. The molecule has 5 nitrogen and oxygen atoms in total. The van der Waals surface area contributed by atoms with Crippen LogP contribution >= 0.6 is 0 Å². The van der Waals surface area contributed by atoms with Crippen LogP contribution in [0.5, 0.6) is 0 Å². The van der Waals surface area contributed by atoms with Gasteiger partial charge in [0.2, 0.25) is 0 Å². The highest BCUT2D eigenvalue weighted by molar-refractivity contribution is 5.92. The molecule has 11 heavy (non-hydrogen) atoms. The van der Waals surface area contributed by atoms with Crippen molar-refractivity contribution in [2.45, 2.75) is 0 Å². The van der Waals surface area contributed by atoms with Crippen LogP contribution in [0.4, 0.5) is 6.01 Å². The number of hydrogen-bond acceptors (Lipinski definition) is 4. The van der Waals surface area contributed by atoms with Crippen LogP contribution in [0.2, 0.25) is 0 Å². The van der Waals surface area contributed by atoms with E-state index in [1.807, 2.05) is 0 Å². The van der Waals surface area contributed by atoms with Gasteiger partial charge in [-0.1, -0.05) is 0 Å². The summed E-state index contributed by atoms with van der Waals surface area (Å²) in [5.41, 5.74) is 5.16. The monoisotopic (exact) mass is 154 g/mol. The molecular formula is C6H10N4O. The zero-order valence-corrected chi connectivity index (χ0v) is 6.46. The minimum Gasteiger partial charge on any atom is -0.420 e. The van der Waals surface area contributed by atoms with Gasteiger partial charge in [-0.3, -0.25) is 5.41 Å². The predicted molar refractivity (Wildman–Crippen MR) is 41.8 cm³/mol. The lowest BCUT2D eigenvalue weighted by Crippen LogP contribution is -2.10. The molecule has 1 aromatic rings. The topological polar surface area (TPSA) is 79.1 Å². The summed E-state index contributed by atoms with van der Waals surface area (Å²) in [5, 5.41) is 7.02. The van der Waals surface area contributed by atoms with E-state index in [-0.39, 0.29) is 5.84 Å². The van der Waals surface area contributed by atoms with Gasteiger partial charge in [0.15, 0.2) is 11.6 Å². The van der Waals surface area contributed by atoms with Gasteiger partial charge in [-0.05, 0) is 0 Å². The fraction of sp³-hybridized carbons (Fsp3) is 0.333. The average Bonchev–Trinajstić information content (AvgIpc) is 2.33. The van der Waals surface area contributed by atoms with E-state index in [1.54, 1.807) is 19.0 Å². The smallest absolute Gasteiger partial charge is 0.297 e. The second kappa shape index (κ2) is 2.61. The summed E-state index contributed by atoms with van der Waals surface area (Å²) in [6, 6.07) is 0.454. The first-order valence-corrected chi connectivity index (χ1v) is 3.09. The molecule has 0 atom stereocenters. The van der Waals surface area contributed by atoms with Gasteiger partial charge < -0.3 is 15.1 Å². The number of aromatic nitrogens is 1. The van der Waals surface area contributed by atoms with E-state index >= 15 is 0 Å². The summed E-state index contributed by atoms with van der Waals surface area (Å²) in [6.07, 6.45) is 1.43. The van der Waals surface area contributed by atoms with E-state index in [9.17, 15) is 0 Å².